The largest absolute Gasteiger partial charge is 0.459 e. The van der Waals surface area contributed by atoms with Crippen molar-refractivity contribution in [2.24, 2.45) is 0 Å². The number of rotatable bonds is 4. The first kappa shape index (κ1) is 9.58. The molecule has 1 amide bonds. The van der Waals surface area contributed by atoms with Crippen molar-refractivity contribution >= 4 is 5.91 Å². The van der Waals surface area contributed by atoms with Gasteiger partial charge in [-0.15, -0.1) is 0 Å². The molecule has 0 aromatic carbocycles. The Labute approximate surface area is 87.3 Å². The highest BCUT2D eigenvalue weighted by Crippen LogP contribution is 2.00. The van der Waals surface area contributed by atoms with Gasteiger partial charge in [0.25, 0.3) is 5.91 Å². The van der Waals surface area contributed by atoms with Crippen molar-refractivity contribution in [1.29, 1.82) is 0 Å². The molecule has 4 nitrogen and oxygen atoms in total. The second-order valence-corrected chi connectivity index (χ2v) is 3.20. The molecule has 0 aliphatic heterocycles. The smallest absolute Gasteiger partial charge is 0.286 e. The van der Waals surface area contributed by atoms with E-state index in [-0.39, 0.29) is 5.91 Å². The summed E-state index contributed by atoms with van der Waals surface area (Å²) in [5.74, 6) is 0.180. The Kier molecular flexibility index (Phi) is 2.88. The molecule has 0 spiro atoms. The van der Waals surface area contributed by atoms with Crippen LogP contribution >= 0.6 is 0 Å². The highest BCUT2D eigenvalue weighted by atomic mass is 16.3. The molecule has 4 heteroatoms. The van der Waals surface area contributed by atoms with Crippen LogP contribution in [0.15, 0.2) is 41.3 Å². The number of amides is 1. The van der Waals surface area contributed by atoms with E-state index >= 15 is 0 Å². The highest BCUT2D eigenvalue weighted by Gasteiger charge is 2.06. The number of aromatic amines is 1. The second-order valence-electron chi connectivity index (χ2n) is 3.20. The summed E-state index contributed by atoms with van der Waals surface area (Å²) in [5, 5.41) is 2.78. The topological polar surface area (TPSA) is 58.0 Å². The summed E-state index contributed by atoms with van der Waals surface area (Å²) in [6, 6.07) is 5.33. The minimum absolute atomic E-state index is 0.171. The number of carbonyl (C=O) groups excluding carboxylic acids is 1. The average molecular weight is 204 g/mol. The van der Waals surface area contributed by atoms with Gasteiger partial charge in [-0.05, 0) is 30.2 Å². The molecule has 2 aromatic heterocycles. The third-order valence-electron chi connectivity index (χ3n) is 2.11. The first-order valence-electron chi connectivity index (χ1n) is 4.79. The summed E-state index contributed by atoms with van der Waals surface area (Å²) >= 11 is 0. The maximum absolute atomic E-state index is 11.4. The predicted octanol–water partition coefficient (Wildman–Crippen LogP) is 1.58. The molecule has 2 heterocycles. The van der Waals surface area contributed by atoms with Crippen LogP contribution in [-0.4, -0.2) is 17.4 Å². The van der Waals surface area contributed by atoms with E-state index in [9.17, 15) is 4.79 Å². The molecule has 0 atom stereocenters. The molecule has 0 unspecified atom stereocenters. The van der Waals surface area contributed by atoms with Crippen molar-refractivity contribution < 1.29 is 9.21 Å². The summed E-state index contributed by atoms with van der Waals surface area (Å²) in [5.41, 5.74) is 1.18. The van der Waals surface area contributed by atoms with Crippen LogP contribution in [0.3, 0.4) is 0 Å². The van der Waals surface area contributed by atoms with Gasteiger partial charge in [-0.25, -0.2) is 0 Å². The molecule has 0 aliphatic carbocycles. The number of H-pyrrole nitrogens is 1. The normalized spacial score (nSPS) is 10.1. The van der Waals surface area contributed by atoms with Crippen molar-refractivity contribution in [1.82, 2.24) is 10.3 Å². The number of hydrogen-bond donors (Lipinski definition) is 2. The number of nitrogens with one attached hydrogen (secondary N) is 2. The van der Waals surface area contributed by atoms with E-state index in [4.69, 9.17) is 4.42 Å². The van der Waals surface area contributed by atoms with Gasteiger partial charge in [-0.1, -0.05) is 0 Å². The maximum atomic E-state index is 11.4. The van der Waals surface area contributed by atoms with Crippen molar-refractivity contribution in [2.45, 2.75) is 6.42 Å². The number of furan rings is 1. The van der Waals surface area contributed by atoms with E-state index in [1.54, 1.807) is 12.1 Å². The van der Waals surface area contributed by atoms with Crippen molar-refractivity contribution in [3.05, 3.63) is 48.2 Å². The number of carbonyl (C=O) groups is 1. The van der Waals surface area contributed by atoms with Gasteiger partial charge in [-0.2, -0.15) is 0 Å². The lowest BCUT2D eigenvalue weighted by molar-refractivity contribution is 0.0926. The zero-order valence-corrected chi connectivity index (χ0v) is 8.19. The molecule has 0 fully saturated rings. The van der Waals surface area contributed by atoms with E-state index in [1.165, 1.54) is 11.8 Å². The first-order chi connectivity index (χ1) is 7.36. The van der Waals surface area contributed by atoms with Gasteiger partial charge in [-0.3, -0.25) is 4.79 Å². The van der Waals surface area contributed by atoms with E-state index < -0.39 is 0 Å². The van der Waals surface area contributed by atoms with Crippen LogP contribution in [0.2, 0.25) is 0 Å². The van der Waals surface area contributed by atoms with Gasteiger partial charge < -0.3 is 14.7 Å². The molecular weight excluding hydrogens is 192 g/mol. The third kappa shape index (κ3) is 2.49. The minimum atomic E-state index is -0.171. The third-order valence-corrected chi connectivity index (χ3v) is 2.11. The molecule has 0 bridgehead atoms. The fourth-order valence-electron chi connectivity index (χ4n) is 1.33. The Morgan fingerprint density at radius 3 is 3.07 bits per heavy atom. The Morgan fingerprint density at radius 2 is 2.40 bits per heavy atom. The predicted molar refractivity (Wildman–Crippen MR) is 55.5 cm³/mol. The van der Waals surface area contributed by atoms with Crippen molar-refractivity contribution in [3.63, 3.8) is 0 Å². The van der Waals surface area contributed by atoms with Gasteiger partial charge in [0.1, 0.15) is 0 Å². The van der Waals surface area contributed by atoms with Crippen LogP contribution < -0.4 is 5.32 Å². The van der Waals surface area contributed by atoms with Gasteiger partial charge in [0.15, 0.2) is 5.76 Å². The molecule has 0 radical (unpaired) electrons. The van der Waals surface area contributed by atoms with Crippen LogP contribution in [0.5, 0.6) is 0 Å². The monoisotopic (exact) mass is 204 g/mol. The molecule has 0 saturated heterocycles. The fourth-order valence-corrected chi connectivity index (χ4v) is 1.33. The second kappa shape index (κ2) is 4.50. The fraction of sp³-hybridized carbons (Fsp3) is 0.182. The Balaban J connectivity index is 1.77. The van der Waals surface area contributed by atoms with E-state index in [0.717, 1.165) is 6.42 Å². The number of aromatic nitrogens is 1. The van der Waals surface area contributed by atoms with Gasteiger partial charge in [0.2, 0.25) is 0 Å². The van der Waals surface area contributed by atoms with Gasteiger partial charge in [0.05, 0.1) is 6.26 Å². The Hall–Kier alpha value is -1.97. The Bertz CT molecular complexity index is 404. The van der Waals surface area contributed by atoms with Crippen molar-refractivity contribution in [3.8, 4) is 0 Å². The molecule has 0 saturated carbocycles. The maximum Gasteiger partial charge on any atom is 0.286 e. The van der Waals surface area contributed by atoms with E-state index in [2.05, 4.69) is 10.3 Å². The van der Waals surface area contributed by atoms with E-state index in [1.807, 2.05) is 18.5 Å². The van der Waals surface area contributed by atoms with Crippen LogP contribution in [0.1, 0.15) is 16.1 Å². The molecule has 2 rings (SSSR count). The van der Waals surface area contributed by atoms with Crippen LogP contribution in [-0.2, 0) is 6.42 Å². The average Bonchev–Trinajstić information content (AvgIpc) is 2.90. The molecular formula is C11H12N2O2. The van der Waals surface area contributed by atoms with Gasteiger partial charge in [0, 0.05) is 18.9 Å². The van der Waals surface area contributed by atoms with Crippen LogP contribution in [0, 0.1) is 0 Å². The first-order valence-corrected chi connectivity index (χ1v) is 4.79. The lowest BCUT2D eigenvalue weighted by Crippen LogP contribution is -2.25. The minimum Gasteiger partial charge on any atom is -0.459 e. The summed E-state index contributed by atoms with van der Waals surface area (Å²) in [6.07, 6.45) is 6.08. The Morgan fingerprint density at radius 1 is 1.47 bits per heavy atom. The standard InChI is InChI=1S/C11H12N2O2/c14-11(10-2-1-7-15-10)13-6-4-9-3-5-12-8-9/h1-3,5,7-8,12H,4,6H2,(H,13,14). The lowest BCUT2D eigenvalue weighted by Gasteiger charge is -2.01. The molecule has 78 valence electrons. The van der Waals surface area contributed by atoms with Crippen LogP contribution in [0.25, 0.3) is 0 Å². The molecule has 15 heavy (non-hydrogen) atoms. The van der Waals surface area contributed by atoms with Crippen molar-refractivity contribution in [2.75, 3.05) is 6.54 Å². The lowest BCUT2D eigenvalue weighted by atomic mass is 10.2. The molecule has 0 aliphatic rings. The molecule has 2 aromatic rings. The number of hydrogen-bond acceptors (Lipinski definition) is 2. The quantitative estimate of drug-likeness (QED) is 0.794. The summed E-state index contributed by atoms with van der Waals surface area (Å²) in [6.45, 7) is 0.609. The highest BCUT2D eigenvalue weighted by molar-refractivity contribution is 5.91. The molecule has 2 N–H and O–H groups in total. The van der Waals surface area contributed by atoms with Gasteiger partial charge >= 0.3 is 0 Å². The zero-order chi connectivity index (χ0) is 10.5. The van der Waals surface area contributed by atoms with Crippen LogP contribution in [0.4, 0.5) is 0 Å². The summed E-state index contributed by atoms with van der Waals surface area (Å²) in [7, 11) is 0. The van der Waals surface area contributed by atoms with E-state index in [0.29, 0.717) is 12.3 Å². The summed E-state index contributed by atoms with van der Waals surface area (Å²) in [4.78, 5) is 14.4. The zero-order valence-electron chi connectivity index (χ0n) is 8.19. The summed E-state index contributed by atoms with van der Waals surface area (Å²) < 4.78 is 4.96. The SMILES string of the molecule is O=C(NCCc1cc[nH]c1)c1ccco1.